The van der Waals surface area contributed by atoms with Crippen molar-refractivity contribution in [3.05, 3.63) is 69.6 Å². The summed E-state index contributed by atoms with van der Waals surface area (Å²) < 4.78 is 74.1. The van der Waals surface area contributed by atoms with Crippen LogP contribution in [0.2, 0.25) is 0 Å². The Morgan fingerprint density at radius 1 is 1.13 bits per heavy atom. The van der Waals surface area contributed by atoms with Gasteiger partial charge in [0.05, 0.1) is 12.3 Å². The number of nitrogens with zero attached hydrogens (tertiary/aromatic N) is 1. The highest BCUT2D eigenvalue weighted by molar-refractivity contribution is 5.77. The summed E-state index contributed by atoms with van der Waals surface area (Å²) in [5, 5.41) is 12.0. The van der Waals surface area contributed by atoms with E-state index in [9.17, 15) is 26.7 Å². The molecule has 3 rings (SSSR count). The minimum Gasteiger partial charge on any atom is -0.483 e. The van der Waals surface area contributed by atoms with Gasteiger partial charge in [0.1, 0.15) is 11.4 Å². The van der Waals surface area contributed by atoms with Gasteiger partial charge in [-0.25, -0.2) is 0 Å². The third kappa shape index (κ3) is 4.22. The molecule has 0 spiro atoms. The molecule has 0 bridgehead atoms. The number of fused-ring (bicyclic) bond motifs is 1. The summed E-state index contributed by atoms with van der Waals surface area (Å²) in [6.45, 7) is 3.52. The van der Waals surface area contributed by atoms with Gasteiger partial charge in [0.15, 0.2) is 0 Å². The molecular weight excluding hydrogens is 423 g/mol. The molecule has 31 heavy (non-hydrogen) atoms. The van der Waals surface area contributed by atoms with Crippen LogP contribution in [0.25, 0.3) is 5.70 Å². The van der Waals surface area contributed by atoms with Gasteiger partial charge < -0.3 is 15.2 Å². The lowest BCUT2D eigenvalue weighted by Gasteiger charge is -2.38. The number of aliphatic hydroxyl groups excluding tert-OH is 1. The SMILES string of the molecule is CC1(C)Oc2ccc(C(F)(F)C(F)(F)F)cc2C(n2ccccc2=O)=C1CNCCO. The molecule has 2 aromatic rings. The molecule has 10 heteroatoms. The van der Waals surface area contributed by atoms with Crippen LogP contribution in [-0.4, -0.2) is 41.1 Å². The molecular formula is C21H21F5N2O3. The molecule has 0 radical (unpaired) electrons. The van der Waals surface area contributed by atoms with Crippen molar-refractivity contribution in [2.75, 3.05) is 19.7 Å². The Hall–Kier alpha value is -2.72. The first-order valence-corrected chi connectivity index (χ1v) is 9.42. The minimum atomic E-state index is -5.78. The maximum absolute atomic E-state index is 14.0. The lowest BCUT2D eigenvalue weighted by atomic mass is 9.88. The number of nitrogens with one attached hydrogen (secondary N) is 1. The van der Waals surface area contributed by atoms with E-state index in [4.69, 9.17) is 9.84 Å². The highest BCUT2D eigenvalue weighted by Crippen LogP contribution is 2.47. The summed E-state index contributed by atoms with van der Waals surface area (Å²) in [5.74, 6) is -5.01. The van der Waals surface area contributed by atoms with Gasteiger partial charge in [-0.05, 0) is 38.1 Å². The number of rotatable bonds is 6. The minimum absolute atomic E-state index is 0.0603. The summed E-state index contributed by atoms with van der Waals surface area (Å²) >= 11 is 0. The standard InChI is InChI=1S/C21H21F5N2O3/c1-19(2)15(12-27-8-10-29)18(28-9-4-3-5-17(28)30)14-11-13(6-7-16(14)31-19)20(22,23)21(24,25)26/h3-7,9,11,27,29H,8,10,12H2,1-2H3. The fourth-order valence-corrected chi connectivity index (χ4v) is 3.42. The van der Waals surface area contributed by atoms with Crippen LogP contribution in [0.5, 0.6) is 5.75 Å². The summed E-state index contributed by atoms with van der Waals surface area (Å²) in [4.78, 5) is 12.6. The quantitative estimate of drug-likeness (QED) is 0.529. The Labute approximate surface area is 174 Å². The molecule has 0 saturated heterocycles. The van der Waals surface area contributed by atoms with Crippen molar-refractivity contribution in [1.82, 2.24) is 9.88 Å². The van der Waals surface area contributed by atoms with Crippen molar-refractivity contribution in [2.45, 2.75) is 31.5 Å². The molecule has 168 valence electrons. The maximum Gasteiger partial charge on any atom is 0.458 e. The van der Waals surface area contributed by atoms with Crippen molar-refractivity contribution in [3.63, 3.8) is 0 Å². The molecule has 2 N–H and O–H groups in total. The van der Waals surface area contributed by atoms with Gasteiger partial charge in [-0.1, -0.05) is 6.07 Å². The maximum atomic E-state index is 14.0. The van der Waals surface area contributed by atoms with E-state index in [1.165, 1.54) is 22.9 Å². The number of aliphatic hydroxyl groups is 1. The number of benzene rings is 1. The second-order valence-electron chi connectivity index (χ2n) is 7.53. The number of halogens is 5. The van der Waals surface area contributed by atoms with E-state index in [0.29, 0.717) is 17.7 Å². The van der Waals surface area contributed by atoms with Crippen molar-refractivity contribution in [2.24, 2.45) is 0 Å². The van der Waals surface area contributed by atoms with E-state index in [0.717, 1.165) is 6.07 Å². The fraction of sp³-hybridized carbons (Fsp3) is 0.381. The van der Waals surface area contributed by atoms with Crippen LogP contribution in [0.15, 0.2) is 53.0 Å². The molecule has 2 heterocycles. The van der Waals surface area contributed by atoms with Gasteiger partial charge in [0, 0.05) is 42.1 Å². The molecule has 1 aromatic heterocycles. The summed E-state index contributed by atoms with van der Waals surface area (Å²) in [6.07, 6.45) is -4.38. The highest BCUT2D eigenvalue weighted by atomic mass is 19.4. The summed E-state index contributed by atoms with van der Waals surface area (Å²) in [6, 6.07) is 6.72. The van der Waals surface area contributed by atoms with Crippen LogP contribution >= 0.6 is 0 Å². The van der Waals surface area contributed by atoms with Crippen LogP contribution < -0.4 is 15.6 Å². The number of aromatic nitrogens is 1. The van der Waals surface area contributed by atoms with Crippen molar-refractivity contribution in [3.8, 4) is 5.75 Å². The zero-order chi connectivity index (χ0) is 23.0. The number of alkyl halides is 5. The van der Waals surface area contributed by atoms with E-state index in [-0.39, 0.29) is 36.7 Å². The first kappa shape index (κ1) is 23.0. The monoisotopic (exact) mass is 444 g/mol. The van der Waals surface area contributed by atoms with E-state index < -0.39 is 28.8 Å². The molecule has 0 aliphatic carbocycles. The average molecular weight is 444 g/mol. The number of ether oxygens (including phenoxy) is 1. The highest BCUT2D eigenvalue weighted by Gasteiger charge is 2.59. The molecule has 0 atom stereocenters. The second kappa shape index (κ2) is 8.08. The second-order valence-corrected chi connectivity index (χ2v) is 7.53. The van der Waals surface area contributed by atoms with Gasteiger partial charge in [-0.3, -0.25) is 9.36 Å². The van der Waals surface area contributed by atoms with Gasteiger partial charge in [0.2, 0.25) is 0 Å². The number of hydrogen-bond acceptors (Lipinski definition) is 4. The molecule has 1 aromatic carbocycles. The van der Waals surface area contributed by atoms with Gasteiger partial charge in [-0.2, -0.15) is 22.0 Å². The van der Waals surface area contributed by atoms with Crippen LogP contribution in [0.1, 0.15) is 25.0 Å². The van der Waals surface area contributed by atoms with Gasteiger partial charge in [-0.15, -0.1) is 0 Å². The first-order valence-electron chi connectivity index (χ1n) is 9.42. The molecule has 0 unspecified atom stereocenters. The van der Waals surface area contributed by atoms with E-state index in [1.807, 2.05) is 0 Å². The van der Waals surface area contributed by atoms with Crippen LogP contribution in [0, 0.1) is 0 Å². The predicted octanol–water partition coefficient (Wildman–Crippen LogP) is 3.51. The normalized spacial score (nSPS) is 16.1. The average Bonchev–Trinajstić information content (AvgIpc) is 2.67. The molecule has 0 fully saturated rings. The molecule has 0 saturated carbocycles. The molecule has 0 amide bonds. The van der Waals surface area contributed by atoms with Crippen molar-refractivity contribution < 1.29 is 31.8 Å². The zero-order valence-corrected chi connectivity index (χ0v) is 16.8. The van der Waals surface area contributed by atoms with E-state index in [2.05, 4.69) is 5.32 Å². The smallest absolute Gasteiger partial charge is 0.458 e. The Bertz CT molecular complexity index is 1060. The Morgan fingerprint density at radius 2 is 1.84 bits per heavy atom. The lowest BCUT2D eigenvalue weighted by Crippen LogP contribution is -2.42. The third-order valence-corrected chi connectivity index (χ3v) is 4.98. The largest absolute Gasteiger partial charge is 0.483 e. The van der Waals surface area contributed by atoms with Gasteiger partial charge >= 0.3 is 12.1 Å². The Morgan fingerprint density at radius 3 is 2.45 bits per heavy atom. The van der Waals surface area contributed by atoms with E-state index >= 15 is 0 Å². The van der Waals surface area contributed by atoms with Crippen LogP contribution in [0.4, 0.5) is 22.0 Å². The Kier molecular flexibility index (Phi) is 5.98. The lowest BCUT2D eigenvalue weighted by molar-refractivity contribution is -0.289. The van der Waals surface area contributed by atoms with E-state index in [1.54, 1.807) is 19.9 Å². The number of hydrogen-bond donors (Lipinski definition) is 2. The van der Waals surface area contributed by atoms with Crippen LogP contribution in [-0.2, 0) is 5.92 Å². The number of pyridine rings is 1. The predicted molar refractivity (Wildman–Crippen MR) is 104 cm³/mol. The topological polar surface area (TPSA) is 63.5 Å². The molecule has 1 aliphatic heterocycles. The first-order chi connectivity index (χ1) is 14.4. The summed E-state index contributed by atoms with van der Waals surface area (Å²) in [7, 11) is 0. The molecule has 5 nitrogen and oxygen atoms in total. The van der Waals surface area contributed by atoms with Crippen molar-refractivity contribution in [1.29, 1.82) is 0 Å². The van der Waals surface area contributed by atoms with Gasteiger partial charge in [0.25, 0.3) is 5.56 Å². The fourth-order valence-electron chi connectivity index (χ4n) is 3.42. The molecule has 1 aliphatic rings. The van der Waals surface area contributed by atoms with Crippen molar-refractivity contribution >= 4 is 5.70 Å². The Balaban J connectivity index is 2.30. The third-order valence-electron chi connectivity index (χ3n) is 4.98. The zero-order valence-electron chi connectivity index (χ0n) is 16.8. The van der Waals surface area contributed by atoms with Crippen LogP contribution in [0.3, 0.4) is 0 Å². The summed E-state index contributed by atoms with van der Waals surface area (Å²) in [5.41, 5.74) is -2.22.